The van der Waals surface area contributed by atoms with E-state index < -0.39 is 5.97 Å². The first kappa shape index (κ1) is 14.6. The summed E-state index contributed by atoms with van der Waals surface area (Å²) in [4.78, 5) is 10.9. The number of nitrogen functional groups attached to an aromatic ring is 1. The Morgan fingerprint density at radius 3 is 2.19 bits per heavy atom. The third kappa shape index (κ3) is 2.38. The molecule has 0 aliphatic heterocycles. The van der Waals surface area contributed by atoms with Crippen LogP contribution >= 0.6 is 24.8 Å². The summed E-state index contributed by atoms with van der Waals surface area (Å²) in [7, 11) is 0. The van der Waals surface area contributed by atoms with Gasteiger partial charge in [-0.05, 0) is 17.5 Å². The van der Waals surface area contributed by atoms with Crippen molar-refractivity contribution in [1.82, 2.24) is 0 Å². The summed E-state index contributed by atoms with van der Waals surface area (Å²) in [5.74, 6) is -0.929. The molecule has 0 fully saturated rings. The van der Waals surface area contributed by atoms with Gasteiger partial charge in [-0.15, -0.1) is 24.8 Å². The zero-order chi connectivity index (χ0) is 10.1. The predicted octanol–water partition coefficient (Wildman–Crippen LogP) is 2.96. The molecule has 0 aliphatic carbocycles. The van der Waals surface area contributed by atoms with Gasteiger partial charge in [-0.2, -0.15) is 0 Å². The summed E-state index contributed by atoms with van der Waals surface area (Å²) >= 11 is 0. The number of hydrogen-bond acceptors (Lipinski definition) is 2. The number of rotatable bonds is 1. The molecule has 0 atom stereocenters. The summed E-state index contributed by atoms with van der Waals surface area (Å²) in [6, 6.07) is 10.4. The van der Waals surface area contributed by atoms with Crippen LogP contribution in [-0.4, -0.2) is 11.1 Å². The molecule has 2 rings (SSSR count). The van der Waals surface area contributed by atoms with Crippen molar-refractivity contribution in [2.24, 2.45) is 0 Å². The summed E-state index contributed by atoms with van der Waals surface area (Å²) in [6.07, 6.45) is 0. The minimum atomic E-state index is -0.929. The molecule has 0 amide bonds. The Morgan fingerprint density at radius 1 is 1.00 bits per heavy atom. The van der Waals surface area contributed by atoms with Gasteiger partial charge in [0.05, 0.1) is 5.56 Å². The van der Waals surface area contributed by atoms with Gasteiger partial charge in [0.2, 0.25) is 0 Å². The van der Waals surface area contributed by atoms with Gasteiger partial charge in [0.15, 0.2) is 0 Å². The second kappa shape index (κ2) is 5.58. The maximum Gasteiger partial charge on any atom is 0.336 e. The molecule has 0 bridgehead atoms. The Morgan fingerprint density at radius 2 is 1.56 bits per heavy atom. The van der Waals surface area contributed by atoms with E-state index in [1.165, 1.54) is 0 Å². The van der Waals surface area contributed by atoms with Crippen LogP contribution in [0.1, 0.15) is 10.4 Å². The van der Waals surface area contributed by atoms with Crippen molar-refractivity contribution < 1.29 is 9.90 Å². The molecule has 3 nitrogen and oxygen atoms in total. The lowest BCUT2D eigenvalue weighted by molar-refractivity contribution is 0.0699. The van der Waals surface area contributed by atoms with Crippen molar-refractivity contribution in [3.63, 3.8) is 0 Å². The summed E-state index contributed by atoms with van der Waals surface area (Å²) in [6.45, 7) is 0. The lowest BCUT2D eigenvalue weighted by atomic mass is 10.0. The minimum absolute atomic E-state index is 0. The van der Waals surface area contributed by atoms with E-state index in [4.69, 9.17) is 10.8 Å². The molecule has 0 aliphatic rings. The molecule has 5 heteroatoms. The van der Waals surface area contributed by atoms with Crippen LogP contribution in [0.2, 0.25) is 0 Å². The number of nitrogens with two attached hydrogens (primary N) is 1. The smallest absolute Gasteiger partial charge is 0.336 e. The van der Waals surface area contributed by atoms with Crippen LogP contribution < -0.4 is 5.73 Å². The highest BCUT2D eigenvalue weighted by Crippen LogP contribution is 2.23. The van der Waals surface area contributed by atoms with E-state index in [1.807, 2.05) is 6.07 Å². The van der Waals surface area contributed by atoms with E-state index in [-0.39, 0.29) is 30.4 Å². The highest BCUT2D eigenvalue weighted by molar-refractivity contribution is 6.06. The van der Waals surface area contributed by atoms with Gasteiger partial charge in [0.1, 0.15) is 0 Å². The van der Waals surface area contributed by atoms with Gasteiger partial charge in [0.25, 0.3) is 0 Å². The highest BCUT2D eigenvalue weighted by Gasteiger charge is 2.08. The zero-order valence-electron chi connectivity index (χ0n) is 8.21. The van der Waals surface area contributed by atoms with Crippen LogP contribution in [0.4, 0.5) is 5.69 Å². The molecule has 0 saturated carbocycles. The quantitative estimate of drug-likeness (QED) is 0.775. The average Bonchev–Trinajstić information content (AvgIpc) is 2.17. The third-order valence-corrected chi connectivity index (χ3v) is 2.19. The van der Waals surface area contributed by atoms with Gasteiger partial charge in [-0.3, -0.25) is 0 Å². The number of fused-ring (bicyclic) bond motifs is 1. The van der Waals surface area contributed by atoms with E-state index in [2.05, 4.69) is 0 Å². The first-order valence-electron chi connectivity index (χ1n) is 4.20. The van der Waals surface area contributed by atoms with Crippen LogP contribution in [0.25, 0.3) is 10.8 Å². The van der Waals surface area contributed by atoms with Crippen molar-refractivity contribution in [2.75, 3.05) is 5.73 Å². The Labute approximate surface area is 105 Å². The molecular formula is C11H11Cl2NO2. The number of benzene rings is 2. The topological polar surface area (TPSA) is 63.3 Å². The van der Waals surface area contributed by atoms with E-state index in [0.29, 0.717) is 11.1 Å². The van der Waals surface area contributed by atoms with Gasteiger partial charge in [-0.25, -0.2) is 4.79 Å². The molecule has 0 unspecified atom stereocenters. The number of aromatic carboxylic acids is 1. The molecule has 0 aromatic heterocycles. The van der Waals surface area contributed by atoms with Gasteiger partial charge in [0, 0.05) is 11.1 Å². The summed E-state index contributed by atoms with van der Waals surface area (Å²) in [5.41, 5.74) is 6.62. The number of carbonyl (C=O) groups is 1. The second-order valence-electron chi connectivity index (χ2n) is 3.05. The van der Waals surface area contributed by atoms with Crippen molar-refractivity contribution in [1.29, 1.82) is 0 Å². The maximum absolute atomic E-state index is 10.9. The molecule has 2 aromatic carbocycles. The average molecular weight is 260 g/mol. The van der Waals surface area contributed by atoms with E-state index in [9.17, 15) is 4.79 Å². The Kier molecular flexibility index (Phi) is 5.08. The maximum atomic E-state index is 10.9. The minimum Gasteiger partial charge on any atom is -0.478 e. The highest BCUT2D eigenvalue weighted by atomic mass is 35.5. The summed E-state index contributed by atoms with van der Waals surface area (Å²) < 4.78 is 0. The monoisotopic (exact) mass is 259 g/mol. The number of anilines is 1. The van der Waals surface area contributed by atoms with Crippen LogP contribution in [0.5, 0.6) is 0 Å². The number of carboxylic acid groups (broad SMARTS) is 1. The Hall–Kier alpha value is -1.45. The van der Waals surface area contributed by atoms with E-state index in [1.54, 1.807) is 30.3 Å². The largest absolute Gasteiger partial charge is 0.478 e. The third-order valence-electron chi connectivity index (χ3n) is 2.19. The van der Waals surface area contributed by atoms with Crippen LogP contribution in [0, 0.1) is 0 Å². The fraction of sp³-hybridized carbons (Fsp3) is 0. The normalized spacial score (nSPS) is 9.00. The SMILES string of the molecule is Cl.Cl.Nc1cccc2c(C(=O)O)cccc12. The van der Waals surface area contributed by atoms with Crippen LogP contribution in [-0.2, 0) is 0 Å². The molecule has 86 valence electrons. The fourth-order valence-corrected chi connectivity index (χ4v) is 1.52. The molecular weight excluding hydrogens is 249 g/mol. The van der Waals surface area contributed by atoms with Crippen LogP contribution in [0.3, 0.4) is 0 Å². The lowest BCUT2D eigenvalue weighted by Gasteiger charge is -2.04. The van der Waals surface area contributed by atoms with Crippen molar-refractivity contribution >= 4 is 47.2 Å². The number of hydrogen-bond donors (Lipinski definition) is 2. The number of halogens is 2. The van der Waals surface area contributed by atoms with Crippen molar-refractivity contribution in [3.8, 4) is 0 Å². The van der Waals surface area contributed by atoms with Gasteiger partial charge in [-0.1, -0.05) is 24.3 Å². The lowest BCUT2D eigenvalue weighted by Crippen LogP contribution is -1.98. The van der Waals surface area contributed by atoms with E-state index in [0.717, 1.165) is 5.39 Å². The van der Waals surface area contributed by atoms with Crippen molar-refractivity contribution in [2.45, 2.75) is 0 Å². The molecule has 0 saturated heterocycles. The van der Waals surface area contributed by atoms with Gasteiger partial charge >= 0.3 is 5.97 Å². The van der Waals surface area contributed by atoms with Crippen LogP contribution in [0.15, 0.2) is 36.4 Å². The van der Waals surface area contributed by atoms with E-state index >= 15 is 0 Å². The van der Waals surface area contributed by atoms with Crippen molar-refractivity contribution in [3.05, 3.63) is 42.0 Å². The predicted molar refractivity (Wildman–Crippen MR) is 69.8 cm³/mol. The second-order valence-corrected chi connectivity index (χ2v) is 3.05. The van der Waals surface area contributed by atoms with Gasteiger partial charge < -0.3 is 10.8 Å². The Bertz CT molecular complexity index is 514. The summed E-state index contributed by atoms with van der Waals surface area (Å²) in [5, 5.41) is 10.4. The Balaban J connectivity index is 0.00000112. The zero-order valence-corrected chi connectivity index (χ0v) is 9.85. The molecule has 2 aromatic rings. The molecule has 0 heterocycles. The first-order chi connectivity index (χ1) is 6.70. The first-order valence-corrected chi connectivity index (χ1v) is 4.20. The molecule has 0 radical (unpaired) electrons. The molecule has 3 N–H and O–H groups in total. The standard InChI is InChI=1S/C11H9NO2.2ClH/c12-10-6-2-3-7-8(10)4-1-5-9(7)11(13)14;;/h1-6H,12H2,(H,13,14);2*1H. The molecule has 16 heavy (non-hydrogen) atoms. The number of carboxylic acids is 1. The fourth-order valence-electron chi connectivity index (χ4n) is 1.52. The molecule has 0 spiro atoms.